The summed E-state index contributed by atoms with van der Waals surface area (Å²) in [5.74, 6) is -0.124. The lowest BCUT2D eigenvalue weighted by Crippen LogP contribution is -2.12. The molecule has 1 saturated carbocycles. The number of rotatable bonds is 4. The Kier molecular flexibility index (Phi) is 4.22. The summed E-state index contributed by atoms with van der Waals surface area (Å²) >= 11 is 0. The summed E-state index contributed by atoms with van der Waals surface area (Å²) in [5.41, 5.74) is 4.45. The Balaban J connectivity index is 1.55. The molecule has 1 amide bonds. The number of carbonyl (C=O) groups is 1. The fourth-order valence-electron chi connectivity index (χ4n) is 3.53. The first-order chi connectivity index (χ1) is 12.2. The van der Waals surface area contributed by atoms with Crippen molar-refractivity contribution in [1.82, 2.24) is 15.0 Å². The molecule has 4 rings (SSSR count). The molecule has 0 radical (unpaired) electrons. The molecule has 25 heavy (non-hydrogen) atoms. The maximum absolute atomic E-state index is 12.5. The van der Waals surface area contributed by atoms with Crippen molar-refractivity contribution in [3.63, 3.8) is 0 Å². The number of aryl methyl sites for hydroxylation is 1. The van der Waals surface area contributed by atoms with Gasteiger partial charge in [0.15, 0.2) is 0 Å². The van der Waals surface area contributed by atoms with E-state index in [1.807, 2.05) is 47.1 Å². The van der Waals surface area contributed by atoms with Gasteiger partial charge in [0.2, 0.25) is 0 Å². The van der Waals surface area contributed by atoms with E-state index in [9.17, 15) is 4.79 Å². The molecule has 1 aromatic heterocycles. The fraction of sp³-hybridized carbons (Fsp3) is 0.350. The third kappa shape index (κ3) is 3.14. The largest absolute Gasteiger partial charge is 0.322 e. The Labute approximate surface area is 147 Å². The van der Waals surface area contributed by atoms with E-state index in [1.165, 1.54) is 18.4 Å². The van der Waals surface area contributed by atoms with Gasteiger partial charge in [0.05, 0.1) is 11.6 Å². The van der Waals surface area contributed by atoms with Gasteiger partial charge in [0.25, 0.3) is 5.91 Å². The van der Waals surface area contributed by atoms with Crippen LogP contribution < -0.4 is 5.32 Å². The predicted molar refractivity (Wildman–Crippen MR) is 98.8 cm³/mol. The number of fused-ring (bicyclic) bond motifs is 1. The van der Waals surface area contributed by atoms with E-state index < -0.39 is 0 Å². The number of hydrogen-bond donors (Lipinski definition) is 1. The van der Waals surface area contributed by atoms with E-state index in [1.54, 1.807) is 0 Å². The molecule has 1 aliphatic rings. The average molecular weight is 334 g/mol. The van der Waals surface area contributed by atoms with E-state index in [2.05, 4.69) is 22.6 Å². The third-order valence-corrected chi connectivity index (χ3v) is 5.02. The van der Waals surface area contributed by atoms with Crippen LogP contribution in [0.15, 0.2) is 42.5 Å². The molecule has 0 spiro atoms. The summed E-state index contributed by atoms with van der Waals surface area (Å²) in [6, 6.07) is 14.0. The van der Waals surface area contributed by atoms with Gasteiger partial charge in [0, 0.05) is 11.3 Å². The van der Waals surface area contributed by atoms with E-state index in [-0.39, 0.29) is 5.91 Å². The Hall–Kier alpha value is -2.69. The van der Waals surface area contributed by atoms with Crippen LogP contribution in [0.4, 0.5) is 5.69 Å². The summed E-state index contributed by atoms with van der Waals surface area (Å²) in [7, 11) is 0. The third-order valence-electron chi connectivity index (χ3n) is 5.02. The van der Waals surface area contributed by atoms with Crippen LogP contribution in [-0.2, 0) is 6.42 Å². The van der Waals surface area contributed by atoms with E-state index in [4.69, 9.17) is 0 Å². The van der Waals surface area contributed by atoms with Crippen molar-refractivity contribution in [3.05, 3.63) is 53.6 Å². The summed E-state index contributed by atoms with van der Waals surface area (Å²) in [6.45, 7) is 2.11. The second kappa shape index (κ2) is 6.67. The number of aromatic nitrogens is 3. The Morgan fingerprint density at radius 2 is 1.92 bits per heavy atom. The van der Waals surface area contributed by atoms with Gasteiger partial charge < -0.3 is 5.32 Å². The highest BCUT2D eigenvalue weighted by atomic mass is 16.1. The molecule has 2 aromatic carbocycles. The SMILES string of the molecule is CCc1ccc(NC(=O)c2ccc3c(c2)nnn3C2CCCC2)cc1. The van der Waals surface area contributed by atoms with Gasteiger partial charge in [-0.1, -0.05) is 37.1 Å². The van der Waals surface area contributed by atoms with E-state index in [0.29, 0.717) is 11.6 Å². The molecule has 0 unspecified atom stereocenters. The van der Waals surface area contributed by atoms with Crippen molar-refractivity contribution in [3.8, 4) is 0 Å². The minimum absolute atomic E-state index is 0.124. The first-order valence-electron chi connectivity index (χ1n) is 9.00. The maximum atomic E-state index is 12.5. The highest BCUT2D eigenvalue weighted by Gasteiger charge is 2.20. The average Bonchev–Trinajstić information content (AvgIpc) is 3.31. The predicted octanol–water partition coefficient (Wildman–Crippen LogP) is 4.36. The number of anilines is 1. The molecule has 0 atom stereocenters. The van der Waals surface area contributed by atoms with Gasteiger partial charge in [0.1, 0.15) is 5.52 Å². The van der Waals surface area contributed by atoms with Crippen molar-refractivity contribution in [2.24, 2.45) is 0 Å². The lowest BCUT2D eigenvalue weighted by molar-refractivity contribution is 0.102. The maximum Gasteiger partial charge on any atom is 0.255 e. The lowest BCUT2D eigenvalue weighted by Gasteiger charge is -2.10. The van der Waals surface area contributed by atoms with Gasteiger partial charge in [-0.05, 0) is 55.2 Å². The van der Waals surface area contributed by atoms with Crippen LogP contribution in [0.3, 0.4) is 0 Å². The molecule has 1 aliphatic carbocycles. The molecule has 1 N–H and O–H groups in total. The van der Waals surface area contributed by atoms with Gasteiger partial charge >= 0.3 is 0 Å². The first kappa shape index (κ1) is 15.8. The fourth-order valence-corrected chi connectivity index (χ4v) is 3.53. The van der Waals surface area contributed by atoms with Crippen molar-refractivity contribution in [2.45, 2.75) is 45.1 Å². The quantitative estimate of drug-likeness (QED) is 0.771. The molecule has 1 fully saturated rings. The normalized spacial score (nSPS) is 14.9. The molecule has 0 bridgehead atoms. The molecular weight excluding hydrogens is 312 g/mol. The van der Waals surface area contributed by atoms with Crippen molar-refractivity contribution >= 4 is 22.6 Å². The molecule has 128 valence electrons. The van der Waals surface area contributed by atoms with E-state index in [0.717, 1.165) is 36.0 Å². The second-order valence-electron chi connectivity index (χ2n) is 6.68. The minimum Gasteiger partial charge on any atom is -0.322 e. The standard InChI is InChI=1S/C20H22N4O/c1-2-14-7-10-16(11-8-14)21-20(25)15-9-12-19-18(13-15)22-23-24(19)17-5-3-4-6-17/h7-13,17H,2-6H2,1H3,(H,21,25). The highest BCUT2D eigenvalue weighted by Crippen LogP contribution is 2.31. The van der Waals surface area contributed by atoms with Crippen LogP contribution in [0.25, 0.3) is 11.0 Å². The number of amides is 1. The summed E-state index contributed by atoms with van der Waals surface area (Å²) in [5, 5.41) is 11.5. The number of nitrogens with one attached hydrogen (secondary N) is 1. The number of hydrogen-bond acceptors (Lipinski definition) is 3. The molecule has 1 heterocycles. The molecule has 0 aliphatic heterocycles. The van der Waals surface area contributed by atoms with Crippen molar-refractivity contribution < 1.29 is 4.79 Å². The molecule has 5 nitrogen and oxygen atoms in total. The summed E-state index contributed by atoms with van der Waals surface area (Å²) in [4.78, 5) is 12.5. The molecule has 0 saturated heterocycles. The highest BCUT2D eigenvalue weighted by molar-refractivity contribution is 6.05. The smallest absolute Gasteiger partial charge is 0.255 e. The van der Waals surface area contributed by atoms with Crippen molar-refractivity contribution in [1.29, 1.82) is 0 Å². The van der Waals surface area contributed by atoms with Crippen LogP contribution in [0.1, 0.15) is 54.6 Å². The number of benzene rings is 2. The van der Waals surface area contributed by atoms with E-state index >= 15 is 0 Å². The topological polar surface area (TPSA) is 59.8 Å². The van der Waals surface area contributed by atoms with Gasteiger partial charge in [-0.25, -0.2) is 4.68 Å². The van der Waals surface area contributed by atoms with Gasteiger partial charge in [-0.2, -0.15) is 0 Å². The Bertz CT molecular complexity index is 892. The zero-order valence-electron chi connectivity index (χ0n) is 14.4. The second-order valence-corrected chi connectivity index (χ2v) is 6.68. The van der Waals surface area contributed by atoms with Crippen LogP contribution in [0, 0.1) is 0 Å². The lowest BCUT2D eigenvalue weighted by atomic mass is 10.1. The van der Waals surface area contributed by atoms with Crippen LogP contribution >= 0.6 is 0 Å². The minimum atomic E-state index is -0.124. The zero-order valence-corrected chi connectivity index (χ0v) is 14.4. The first-order valence-corrected chi connectivity index (χ1v) is 9.00. The Morgan fingerprint density at radius 1 is 1.16 bits per heavy atom. The number of nitrogens with zero attached hydrogens (tertiary/aromatic N) is 3. The zero-order chi connectivity index (χ0) is 17.2. The summed E-state index contributed by atoms with van der Waals surface area (Å²) < 4.78 is 2.02. The number of carbonyl (C=O) groups excluding carboxylic acids is 1. The Morgan fingerprint density at radius 3 is 2.64 bits per heavy atom. The van der Waals surface area contributed by atoms with Crippen LogP contribution in [-0.4, -0.2) is 20.9 Å². The molecule has 3 aromatic rings. The van der Waals surface area contributed by atoms with Gasteiger partial charge in [-0.15, -0.1) is 5.10 Å². The van der Waals surface area contributed by atoms with Crippen LogP contribution in [0.5, 0.6) is 0 Å². The van der Waals surface area contributed by atoms with Crippen molar-refractivity contribution in [2.75, 3.05) is 5.32 Å². The van der Waals surface area contributed by atoms with Crippen LogP contribution in [0.2, 0.25) is 0 Å². The summed E-state index contributed by atoms with van der Waals surface area (Å²) in [6.07, 6.45) is 5.82. The molecular formula is C20H22N4O. The molecule has 5 heteroatoms. The van der Waals surface area contributed by atoms with Gasteiger partial charge in [-0.3, -0.25) is 4.79 Å². The monoisotopic (exact) mass is 334 g/mol.